The van der Waals surface area contributed by atoms with Crippen LogP contribution in [0.15, 0.2) is 0 Å². The van der Waals surface area contributed by atoms with E-state index in [0.29, 0.717) is 0 Å². The number of hydrogen-bond acceptors (Lipinski definition) is 4. The van der Waals surface area contributed by atoms with Gasteiger partial charge in [-0.1, -0.05) is 20.8 Å². The molecule has 0 heterocycles. The Morgan fingerprint density at radius 2 is 1.80 bits per heavy atom. The summed E-state index contributed by atoms with van der Waals surface area (Å²) in [6, 6.07) is 0. The van der Waals surface area contributed by atoms with E-state index in [1.807, 2.05) is 20.8 Å². The summed E-state index contributed by atoms with van der Waals surface area (Å²) in [6.07, 6.45) is -0.617. The lowest BCUT2D eigenvalue weighted by Crippen LogP contribution is -2.29. The Bertz CT molecular complexity index is 301. The number of hydrogen-bond donors (Lipinski definition) is 0. The lowest BCUT2D eigenvalue weighted by atomic mass is 9.89. The molecule has 84 valence electrons. The van der Waals surface area contributed by atoms with Crippen molar-refractivity contribution >= 4 is 11.9 Å². The Kier molecular flexibility index (Phi) is 4.86. The third-order valence-corrected chi connectivity index (χ3v) is 1.56. The minimum absolute atomic E-state index is 0.341. The van der Waals surface area contributed by atoms with E-state index in [1.54, 1.807) is 0 Å². The summed E-state index contributed by atoms with van der Waals surface area (Å²) >= 11 is 0. The average Bonchev–Trinajstić information content (AvgIpc) is 2.09. The van der Waals surface area contributed by atoms with Crippen LogP contribution in [0.5, 0.6) is 0 Å². The lowest BCUT2D eigenvalue weighted by molar-refractivity contribution is -0.148. The fourth-order valence-electron chi connectivity index (χ4n) is 0.764. The Labute approximate surface area is 89.9 Å². The first-order valence-corrected chi connectivity index (χ1v) is 4.54. The number of carbonyl (C=O) groups is 2. The van der Waals surface area contributed by atoms with Crippen LogP contribution in [0, 0.1) is 17.3 Å². The van der Waals surface area contributed by atoms with E-state index in [9.17, 15) is 9.59 Å². The van der Waals surface area contributed by atoms with Gasteiger partial charge in [-0.05, 0) is 5.92 Å². The molecule has 0 spiro atoms. The van der Waals surface area contributed by atoms with Crippen molar-refractivity contribution in [3.63, 3.8) is 0 Å². The number of carbonyl (C=O) groups excluding carboxylic acids is 2. The largest absolute Gasteiger partial charge is 0.459 e. The quantitative estimate of drug-likeness (QED) is 0.371. The molecule has 0 fully saturated rings. The van der Waals surface area contributed by atoms with Gasteiger partial charge in [0.15, 0.2) is 6.10 Å². The third-order valence-electron chi connectivity index (χ3n) is 1.56. The zero-order valence-corrected chi connectivity index (χ0v) is 9.71. The maximum Gasteiger partial charge on any atom is 0.384 e. The number of rotatable bonds is 1. The van der Waals surface area contributed by atoms with E-state index in [0.717, 1.165) is 0 Å². The second-order valence-corrected chi connectivity index (χ2v) is 4.12. The molecule has 0 aromatic heterocycles. The SMILES string of the molecule is COC(=O)C#CC(OC(C)=O)C(C)(C)C. The molecule has 4 heteroatoms. The Hall–Kier alpha value is -1.50. The van der Waals surface area contributed by atoms with Crippen molar-refractivity contribution in [3.8, 4) is 11.8 Å². The molecule has 0 bridgehead atoms. The second kappa shape index (κ2) is 5.40. The molecule has 0 amide bonds. The van der Waals surface area contributed by atoms with Crippen LogP contribution in [0.2, 0.25) is 0 Å². The van der Waals surface area contributed by atoms with Crippen molar-refractivity contribution in [2.45, 2.75) is 33.8 Å². The van der Waals surface area contributed by atoms with Gasteiger partial charge in [0.2, 0.25) is 0 Å². The predicted octanol–water partition coefficient (Wildman–Crippen LogP) is 1.14. The van der Waals surface area contributed by atoms with Crippen LogP contribution in [0.1, 0.15) is 27.7 Å². The van der Waals surface area contributed by atoms with Gasteiger partial charge < -0.3 is 9.47 Å². The standard InChI is InChI=1S/C11H16O4/c1-8(12)15-9(11(2,3)4)6-7-10(13)14-5/h9H,1-5H3. The number of ether oxygens (including phenoxy) is 2. The molecule has 0 saturated heterocycles. The fraction of sp³-hybridized carbons (Fsp3) is 0.636. The summed E-state index contributed by atoms with van der Waals surface area (Å²) in [5.74, 6) is 3.77. The van der Waals surface area contributed by atoms with Crippen molar-refractivity contribution in [2.24, 2.45) is 5.41 Å². The molecule has 0 aromatic rings. The highest BCUT2D eigenvalue weighted by molar-refractivity contribution is 5.88. The van der Waals surface area contributed by atoms with Crippen LogP contribution in [0.4, 0.5) is 0 Å². The van der Waals surface area contributed by atoms with Gasteiger partial charge in [-0.15, -0.1) is 0 Å². The summed E-state index contributed by atoms with van der Waals surface area (Å²) in [5.41, 5.74) is -0.341. The first kappa shape index (κ1) is 13.5. The predicted molar refractivity (Wildman–Crippen MR) is 54.8 cm³/mol. The minimum atomic E-state index is -0.642. The molecule has 0 aliphatic carbocycles. The van der Waals surface area contributed by atoms with Crippen molar-refractivity contribution < 1.29 is 19.1 Å². The van der Waals surface area contributed by atoms with Crippen LogP contribution < -0.4 is 0 Å². The number of esters is 2. The molecule has 0 saturated carbocycles. The normalized spacial score (nSPS) is 12.1. The first-order chi connectivity index (χ1) is 6.77. The summed E-state index contributed by atoms with van der Waals surface area (Å²) in [6.45, 7) is 6.91. The molecule has 15 heavy (non-hydrogen) atoms. The highest BCUT2D eigenvalue weighted by Gasteiger charge is 2.25. The van der Waals surface area contributed by atoms with Gasteiger partial charge in [0.25, 0.3) is 0 Å². The number of methoxy groups -OCH3 is 1. The zero-order chi connectivity index (χ0) is 12.1. The summed E-state index contributed by atoms with van der Waals surface area (Å²) < 4.78 is 9.35. The maximum atomic E-state index is 10.8. The monoisotopic (exact) mass is 212 g/mol. The van der Waals surface area contributed by atoms with E-state index < -0.39 is 18.0 Å². The molecular weight excluding hydrogens is 196 g/mol. The van der Waals surface area contributed by atoms with Crippen molar-refractivity contribution in [1.29, 1.82) is 0 Å². The summed E-state index contributed by atoms with van der Waals surface area (Å²) in [5, 5.41) is 0. The van der Waals surface area contributed by atoms with Crippen molar-refractivity contribution in [1.82, 2.24) is 0 Å². The molecule has 0 radical (unpaired) electrons. The smallest absolute Gasteiger partial charge is 0.384 e. The minimum Gasteiger partial charge on any atom is -0.459 e. The van der Waals surface area contributed by atoms with Crippen LogP contribution in [0.25, 0.3) is 0 Å². The zero-order valence-electron chi connectivity index (χ0n) is 9.71. The van der Waals surface area contributed by atoms with E-state index >= 15 is 0 Å². The van der Waals surface area contributed by atoms with Crippen LogP contribution in [0.3, 0.4) is 0 Å². The first-order valence-electron chi connectivity index (χ1n) is 4.54. The topological polar surface area (TPSA) is 52.6 Å². The Balaban J connectivity index is 4.71. The van der Waals surface area contributed by atoms with E-state index in [2.05, 4.69) is 16.6 Å². The van der Waals surface area contributed by atoms with Crippen LogP contribution in [-0.2, 0) is 19.1 Å². The fourth-order valence-corrected chi connectivity index (χ4v) is 0.764. The van der Waals surface area contributed by atoms with Gasteiger partial charge >= 0.3 is 11.9 Å². The summed E-state index contributed by atoms with van der Waals surface area (Å²) in [4.78, 5) is 21.6. The molecule has 0 aliphatic heterocycles. The van der Waals surface area contributed by atoms with E-state index in [4.69, 9.17) is 4.74 Å². The van der Waals surface area contributed by atoms with Gasteiger partial charge in [-0.25, -0.2) is 4.79 Å². The van der Waals surface area contributed by atoms with Crippen molar-refractivity contribution in [3.05, 3.63) is 0 Å². The second-order valence-electron chi connectivity index (χ2n) is 4.12. The molecular formula is C11H16O4. The maximum absolute atomic E-state index is 10.8. The van der Waals surface area contributed by atoms with Crippen molar-refractivity contribution in [2.75, 3.05) is 7.11 Å². The van der Waals surface area contributed by atoms with Gasteiger partial charge in [0.1, 0.15) is 0 Å². The molecule has 0 aliphatic rings. The lowest BCUT2D eigenvalue weighted by Gasteiger charge is -2.25. The Morgan fingerprint density at radius 1 is 1.27 bits per heavy atom. The van der Waals surface area contributed by atoms with Gasteiger partial charge in [0.05, 0.1) is 7.11 Å². The molecule has 0 N–H and O–H groups in total. The van der Waals surface area contributed by atoms with Crippen LogP contribution >= 0.6 is 0 Å². The van der Waals surface area contributed by atoms with Gasteiger partial charge in [-0.3, -0.25) is 4.79 Å². The molecule has 4 nitrogen and oxygen atoms in total. The highest BCUT2D eigenvalue weighted by Crippen LogP contribution is 2.21. The molecule has 1 atom stereocenters. The average molecular weight is 212 g/mol. The van der Waals surface area contributed by atoms with Gasteiger partial charge in [0, 0.05) is 18.3 Å². The van der Waals surface area contributed by atoms with E-state index in [-0.39, 0.29) is 5.41 Å². The molecule has 1 unspecified atom stereocenters. The van der Waals surface area contributed by atoms with Crippen LogP contribution in [-0.4, -0.2) is 25.2 Å². The molecule has 0 rings (SSSR count). The summed E-state index contributed by atoms with van der Waals surface area (Å²) in [7, 11) is 1.24. The third kappa shape index (κ3) is 5.74. The molecule has 0 aromatic carbocycles. The Morgan fingerprint density at radius 3 is 2.13 bits per heavy atom. The van der Waals surface area contributed by atoms with E-state index in [1.165, 1.54) is 14.0 Å². The van der Waals surface area contributed by atoms with Gasteiger partial charge in [-0.2, -0.15) is 0 Å². The highest BCUT2D eigenvalue weighted by atomic mass is 16.5.